The van der Waals surface area contributed by atoms with Crippen LogP contribution in [0.4, 0.5) is 0 Å². The Kier molecular flexibility index (Phi) is 3.69. The van der Waals surface area contributed by atoms with E-state index in [0.717, 1.165) is 35.6 Å². The first-order valence-electron chi connectivity index (χ1n) is 8.34. The third-order valence-corrected chi connectivity index (χ3v) is 4.44. The molecule has 0 unspecified atom stereocenters. The van der Waals surface area contributed by atoms with Crippen LogP contribution >= 0.6 is 0 Å². The third-order valence-electron chi connectivity index (χ3n) is 4.44. The minimum absolute atomic E-state index is 0.863. The highest BCUT2D eigenvalue weighted by molar-refractivity contribution is 6.05. The molecule has 1 aromatic heterocycles. The standard InChI is InChI=1S/C21H20N2O/c1-3-14-23-19-13-10-15-6-4-5-7-18(15)20(19)22-21(23)16-8-11-17(24-2)12-9-16/h4-13H,3,14H2,1-2H3. The van der Waals surface area contributed by atoms with Crippen molar-refractivity contribution in [2.75, 3.05) is 7.11 Å². The Balaban J connectivity index is 1.99. The van der Waals surface area contributed by atoms with Gasteiger partial charge in [0.1, 0.15) is 11.6 Å². The zero-order valence-corrected chi connectivity index (χ0v) is 14.0. The number of fused-ring (bicyclic) bond motifs is 3. The molecule has 24 heavy (non-hydrogen) atoms. The number of aryl methyl sites for hydroxylation is 1. The normalized spacial score (nSPS) is 11.2. The van der Waals surface area contributed by atoms with Gasteiger partial charge >= 0.3 is 0 Å². The number of hydrogen-bond donors (Lipinski definition) is 0. The van der Waals surface area contributed by atoms with Crippen LogP contribution in [-0.4, -0.2) is 16.7 Å². The molecule has 0 radical (unpaired) electrons. The van der Waals surface area contributed by atoms with Gasteiger partial charge < -0.3 is 9.30 Å². The summed E-state index contributed by atoms with van der Waals surface area (Å²) in [5, 5.41) is 2.44. The number of ether oxygens (including phenoxy) is 1. The van der Waals surface area contributed by atoms with Crippen LogP contribution in [0.5, 0.6) is 5.75 Å². The summed E-state index contributed by atoms with van der Waals surface area (Å²) in [5.41, 5.74) is 3.39. The second-order valence-electron chi connectivity index (χ2n) is 5.97. The minimum Gasteiger partial charge on any atom is -0.497 e. The Bertz CT molecular complexity index is 1000. The predicted octanol–water partition coefficient (Wildman–Crippen LogP) is 5.28. The van der Waals surface area contributed by atoms with Crippen molar-refractivity contribution < 1.29 is 4.74 Å². The van der Waals surface area contributed by atoms with Crippen molar-refractivity contribution in [1.29, 1.82) is 0 Å². The minimum atomic E-state index is 0.863. The van der Waals surface area contributed by atoms with Gasteiger partial charge in [-0.3, -0.25) is 0 Å². The maximum absolute atomic E-state index is 5.27. The molecule has 0 fully saturated rings. The second kappa shape index (κ2) is 6.00. The topological polar surface area (TPSA) is 27.1 Å². The van der Waals surface area contributed by atoms with Gasteiger partial charge in [0, 0.05) is 17.5 Å². The van der Waals surface area contributed by atoms with Gasteiger partial charge in [-0.2, -0.15) is 0 Å². The summed E-state index contributed by atoms with van der Waals surface area (Å²) in [4.78, 5) is 5.01. The molecule has 0 aliphatic heterocycles. The molecule has 0 amide bonds. The van der Waals surface area contributed by atoms with Gasteiger partial charge in [0.15, 0.2) is 0 Å². The number of nitrogens with zero attached hydrogens (tertiary/aromatic N) is 2. The quantitative estimate of drug-likeness (QED) is 0.512. The van der Waals surface area contributed by atoms with Crippen LogP contribution in [0.15, 0.2) is 60.7 Å². The molecule has 0 aliphatic carbocycles. The number of rotatable bonds is 4. The molecule has 0 N–H and O–H groups in total. The van der Waals surface area contributed by atoms with Gasteiger partial charge in [0.05, 0.1) is 18.1 Å². The van der Waals surface area contributed by atoms with E-state index in [-0.39, 0.29) is 0 Å². The lowest BCUT2D eigenvalue weighted by atomic mass is 10.1. The lowest BCUT2D eigenvalue weighted by Crippen LogP contribution is -1.99. The van der Waals surface area contributed by atoms with E-state index in [1.54, 1.807) is 7.11 Å². The molecule has 0 saturated carbocycles. The first-order valence-corrected chi connectivity index (χ1v) is 8.34. The van der Waals surface area contributed by atoms with Crippen molar-refractivity contribution in [3.8, 4) is 17.1 Å². The molecule has 120 valence electrons. The Hall–Kier alpha value is -2.81. The number of aromatic nitrogens is 2. The molecule has 4 rings (SSSR count). The fourth-order valence-electron chi connectivity index (χ4n) is 3.27. The average Bonchev–Trinajstić information content (AvgIpc) is 3.01. The molecule has 0 bridgehead atoms. The molecule has 3 aromatic carbocycles. The smallest absolute Gasteiger partial charge is 0.141 e. The summed E-state index contributed by atoms with van der Waals surface area (Å²) in [5.74, 6) is 1.88. The Morgan fingerprint density at radius 1 is 0.958 bits per heavy atom. The molecule has 1 heterocycles. The highest BCUT2D eigenvalue weighted by atomic mass is 16.5. The number of imidazole rings is 1. The molecule has 0 saturated heterocycles. The SMILES string of the molecule is CCCn1c(-c2ccc(OC)cc2)nc2c3ccccc3ccc21. The summed E-state index contributed by atoms with van der Waals surface area (Å²) in [6.07, 6.45) is 1.07. The maximum atomic E-state index is 5.27. The van der Waals surface area contributed by atoms with Gasteiger partial charge in [-0.25, -0.2) is 4.98 Å². The summed E-state index contributed by atoms with van der Waals surface area (Å²) in [7, 11) is 1.69. The van der Waals surface area contributed by atoms with E-state index in [1.165, 1.54) is 16.3 Å². The van der Waals surface area contributed by atoms with Crippen molar-refractivity contribution in [2.45, 2.75) is 19.9 Å². The van der Waals surface area contributed by atoms with Crippen LogP contribution in [0.25, 0.3) is 33.2 Å². The summed E-state index contributed by atoms with van der Waals surface area (Å²) in [6.45, 7) is 3.15. The fourth-order valence-corrected chi connectivity index (χ4v) is 3.27. The first-order chi connectivity index (χ1) is 11.8. The fraction of sp³-hybridized carbons (Fsp3) is 0.190. The zero-order valence-electron chi connectivity index (χ0n) is 14.0. The number of methoxy groups -OCH3 is 1. The van der Waals surface area contributed by atoms with Crippen molar-refractivity contribution in [3.63, 3.8) is 0 Å². The van der Waals surface area contributed by atoms with Crippen LogP contribution in [0.1, 0.15) is 13.3 Å². The maximum Gasteiger partial charge on any atom is 0.141 e. The van der Waals surface area contributed by atoms with E-state index in [2.05, 4.69) is 60.0 Å². The summed E-state index contributed by atoms with van der Waals surface area (Å²) < 4.78 is 7.60. The average molecular weight is 316 g/mol. The van der Waals surface area contributed by atoms with E-state index in [4.69, 9.17) is 9.72 Å². The summed E-state index contributed by atoms with van der Waals surface area (Å²) >= 11 is 0. The van der Waals surface area contributed by atoms with E-state index in [9.17, 15) is 0 Å². The van der Waals surface area contributed by atoms with Gasteiger partial charge in [0.2, 0.25) is 0 Å². The largest absolute Gasteiger partial charge is 0.497 e. The molecule has 0 spiro atoms. The van der Waals surface area contributed by atoms with Crippen molar-refractivity contribution in [3.05, 3.63) is 60.7 Å². The van der Waals surface area contributed by atoms with Gasteiger partial charge in [-0.15, -0.1) is 0 Å². The number of hydrogen-bond acceptors (Lipinski definition) is 2. The van der Waals surface area contributed by atoms with E-state index >= 15 is 0 Å². The molecule has 3 heteroatoms. The molecular weight excluding hydrogens is 296 g/mol. The molecule has 4 aromatic rings. The Morgan fingerprint density at radius 2 is 1.75 bits per heavy atom. The van der Waals surface area contributed by atoms with Crippen LogP contribution in [-0.2, 0) is 6.54 Å². The van der Waals surface area contributed by atoms with Gasteiger partial charge in [0.25, 0.3) is 0 Å². The Labute approximate surface area is 141 Å². The van der Waals surface area contributed by atoms with Crippen LogP contribution in [0.3, 0.4) is 0 Å². The molecule has 0 aliphatic rings. The first kappa shape index (κ1) is 14.8. The van der Waals surface area contributed by atoms with E-state index in [1.807, 2.05) is 12.1 Å². The number of benzene rings is 3. The predicted molar refractivity (Wildman–Crippen MR) is 99.5 cm³/mol. The highest BCUT2D eigenvalue weighted by Gasteiger charge is 2.14. The lowest BCUT2D eigenvalue weighted by Gasteiger charge is -2.08. The third kappa shape index (κ3) is 2.33. The second-order valence-corrected chi connectivity index (χ2v) is 5.97. The Morgan fingerprint density at radius 3 is 2.50 bits per heavy atom. The van der Waals surface area contributed by atoms with Crippen molar-refractivity contribution in [1.82, 2.24) is 9.55 Å². The monoisotopic (exact) mass is 316 g/mol. The van der Waals surface area contributed by atoms with Gasteiger partial charge in [-0.05, 0) is 42.1 Å². The van der Waals surface area contributed by atoms with Crippen LogP contribution in [0, 0.1) is 0 Å². The van der Waals surface area contributed by atoms with Gasteiger partial charge in [-0.1, -0.05) is 37.3 Å². The lowest BCUT2D eigenvalue weighted by molar-refractivity contribution is 0.415. The van der Waals surface area contributed by atoms with Crippen LogP contribution in [0.2, 0.25) is 0 Å². The van der Waals surface area contributed by atoms with Crippen molar-refractivity contribution >= 4 is 21.8 Å². The molecular formula is C21H20N2O. The molecule has 0 atom stereocenters. The highest BCUT2D eigenvalue weighted by Crippen LogP contribution is 2.31. The van der Waals surface area contributed by atoms with Crippen LogP contribution < -0.4 is 4.74 Å². The van der Waals surface area contributed by atoms with Crippen molar-refractivity contribution in [2.24, 2.45) is 0 Å². The summed E-state index contributed by atoms with van der Waals surface area (Å²) in [6, 6.07) is 20.9. The van der Waals surface area contributed by atoms with E-state index < -0.39 is 0 Å². The zero-order chi connectivity index (χ0) is 16.5. The molecule has 3 nitrogen and oxygen atoms in total. The van der Waals surface area contributed by atoms with E-state index in [0.29, 0.717) is 0 Å².